The van der Waals surface area contributed by atoms with E-state index in [1.165, 1.54) is 18.4 Å². The molecular weight excluding hydrogens is 400 g/mol. The molecule has 1 amide bonds. The van der Waals surface area contributed by atoms with E-state index in [1.807, 2.05) is 66.7 Å². The van der Waals surface area contributed by atoms with Gasteiger partial charge in [0.1, 0.15) is 11.5 Å². The fraction of sp³-hybridized carbons (Fsp3) is 0.296. The second-order valence-electron chi connectivity index (χ2n) is 7.99. The maximum atomic E-state index is 12.6. The highest BCUT2D eigenvalue weighted by molar-refractivity contribution is 5.78. The largest absolute Gasteiger partial charge is 0.497 e. The summed E-state index contributed by atoms with van der Waals surface area (Å²) in [6, 6.07) is 26.1. The van der Waals surface area contributed by atoms with Crippen LogP contribution in [-0.2, 0) is 4.79 Å². The first-order valence-corrected chi connectivity index (χ1v) is 11.2. The van der Waals surface area contributed by atoms with Crippen molar-refractivity contribution in [1.82, 2.24) is 10.2 Å². The molecule has 166 valence electrons. The van der Waals surface area contributed by atoms with Crippen LogP contribution in [0.1, 0.15) is 24.4 Å². The van der Waals surface area contributed by atoms with Crippen molar-refractivity contribution < 1.29 is 14.3 Å². The second-order valence-corrected chi connectivity index (χ2v) is 7.99. The Morgan fingerprint density at radius 2 is 1.62 bits per heavy atom. The maximum Gasteiger partial charge on any atom is 0.258 e. The molecule has 1 atom stereocenters. The molecule has 1 unspecified atom stereocenters. The highest BCUT2D eigenvalue weighted by atomic mass is 16.5. The third-order valence-corrected chi connectivity index (χ3v) is 5.91. The number of para-hydroxylation sites is 1. The zero-order chi connectivity index (χ0) is 22.2. The van der Waals surface area contributed by atoms with E-state index in [4.69, 9.17) is 9.47 Å². The number of likely N-dealkylation sites (tertiary alicyclic amines) is 1. The fourth-order valence-corrected chi connectivity index (χ4v) is 4.19. The van der Waals surface area contributed by atoms with Crippen molar-refractivity contribution in [3.63, 3.8) is 0 Å². The first-order chi connectivity index (χ1) is 15.7. The van der Waals surface area contributed by atoms with Gasteiger partial charge >= 0.3 is 0 Å². The van der Waals surface area contributed by atoms with Crippen LogP contribution in [0.15, 0.2) is 78.9 Å². The van der Waals surface area contributed by atoms with Gasteiger partial charge in [-0.15, -0.1) is 0 Å². The number of benzene rings is 3. The summed E-state index contributed by atoms with van der Waals surface area (Å²) in [5.41, 5.74) is 3.23. The Morgan fingerprint density at radius 1 is 0.938 bits per heavy atom. The van der Waals surface area contributed by atoms with Crippen LogP contribution in [0.2, 0.25) is 0 Å². The molecule has 0 aliphatic carbocycles. The summed E-state index contributed by atoms with van der Waals surface area (Å²) in [6.45, 7) is 2.63. The molecule has 1 aliphatic heterocycles. The molecule has 3 aromatic carbocycles. The normalized spacial score (nSPS) is 14.7. The molecule has 1 saturated heterocycles. The highest BCUT2D eigenvalue weighted by Crippen LogP contribution is 2.29. The number of amides is 1. The number of rotatable bonds is 9. The van der Waals surface area contributed by atoms with E-state index in [0.29, 0.717) is 12.3 Å². The molecule has 0 aromatic heterocycles. The Morgan fingerprint density at radius 3 is 2.34 bits per heavy atom. The lowest BCUT2D eigenvalue weighted by molar-refractivity contribution is -0.123. The molecule has 1 fully saturated rings. The molecule has 0 bridgehead atoms. The molecule has 5 nitrogen and oxygen atoms in total. The summed E-state index contributed by atoms with van der Waals surface area (Å²) < 4.78 is 11.2. The third kappa shape index (κ3) is 5.48. The van der Waals surface area contributed by atoms with Crippen molar-refractivity contribution in [3.8, 4) is 22.6 Å². The van der Waals surface area contributed by atoms with E-state index in [9.17, 15) is 4.79 Å². The van der Waals surface area contributed by atoms with E-state index in [-0.39, 0.29) is 18.6 Å². The van der Waals surface area contributed by atoms with E-state index < -0.39 is 0 Å². The van der Waals surface area contributed by atoms with E-state index in [0.717, 1.165) is 30.0 Å². The SMILES string of the molecule is COc1ccc(C(CNC(=O)COc2ccccc2-c2ccccc2)N2CCCC2)cc1. The summed E-state index contributed by atoms with van der Waals surface area (Å²) in [5, 5.41) is 3.08. The van der Waals surface area contributed by atoms with Crippen LogP contribution in [0.4, 0.5) is 0 Å². The molecule has 0 spiro atoms. The van der Waals surface area contributed by atoms with Crippen molar-refractivity contribution in [2.24, 2.45) is 0 Å². The Labute approximate surface area is 190 Å². The number of carbonyl (C=O) groups excluding carboxylic acids is 1. The highest BCUT2D eigenvalue weighted by Gasteiger charge is 2.24. The molecule has 32 heavy (non-hydrogen) atoms. The maximum absolute atomic E-state index is 12.6. The summed E-state index contributed by atoms with van der Waals surface area (Å²) in [6.07, 6.45) is 2.39. The van der Waals surface area contributed by atoms with Gasteiger partial charge in [0.25, 0.3) is 5.91 Å². The van der Waals surface area contributed by atoms with Gasteiger partial charge in [-0.05, 0) is 55.3 Å². The van der Waals surface area contributed by atoms with Gasteiger partial charge in [-0.25, -0.2) is 0 Å². The standard InChI is InChI=1S/C27H30N2O3/c1-31-23-15-13-22(14-16-23)25(29-17-7-8-18-29)19-28-27(30)20-32-26-12-6-5-11-24(26)21-9-3-2-4-10-21/h2-6,9-16,25H,7-8,17-20H2,1H3,(H,28,30). The van der Waals surface area contributed by atoms with Crippen molar-refractivity contribution in [3.05, 3.63) is 84.4 Å². The topological polar surface area (TPSA) is 50.8 Å². The average Bonchev–Trinajstić information content (AvgIpc) is 3.39. The number of hydrogen-bond acceptors (Lipinski definition) is 4. The lowest BCUT2D eigenvalue weighted by atomic mass is 10.0. The minimum Gasteiger partial charge on any atom is -0.497 e. The van der Waals surface area contributed by atoms with Crippen molar-refractivity contribution in [1.29, 1.82) is 0 Å². The van der Waals surface area contributed by atoms with Gasteiger partial charge in [0.05, 0.1) is 13.2 Å². The monoisotopic (exact) mass is 430 g/mol. The number of nitrogens with zero attached hydrogens (tertiary/aromatic N) is 1. The Bertz CT molecular complexity index is 999. The van der Waals surface area contributed by atoms with Gasteiger partial charge in [-0.1, -0.05) is 60.7 Å². The second kappa shape index (κ2) is 10.8. The van der Waals surface area contributed by atoms with Gasteiger partial charge < -0.3 is 14.8 Å². The van der Waals surface area contributed by atoms with E-state index in [2.05, 4.69) is 22.3 Å². The number of methoxy groups -OCH3 is 1. The minimum atomic E-state index is -0.120. The van der Waals surface area contributed by atoms with Crippen molar-refractivity contribution in [2.75, 3.05) is 33.4 Å². The average molecular weight is 431 g/mol. The molecule has 3 aromatic rings. The minimum absolute atomic E-state index is 0.0147. The molecule has 1 heterocycles. The van der Waals surface area contributed by atoms with Gasteiger partial charge in [0, 0.05) is 12.1 Å². The predicted molar refractivity (Wildman–Crippen MR) is 127 cm³/mol. The number of hydrogen-bond donors (Lipinski definition) is 1. The Kier molecular flexibility index (Phi) is 7.41. The molecular formula is C27H30N2O3. The van der Waals surface area contributed by atoms with E-state index >= 15 is 0 Å². The number of carbonyl (C=O) groups is 1. The molecule has 0 saturated carbocycles. The zero-order valence-electron chi connectivity index (χ0n) is 18.5. The van der Waals surface area contributed by atoms with Crippen LogP contribution in [-0.4, -0.2) is 44.2 Å². The number of ether oxygens (including phenoxy) is 2. The van der Waals surface area contributed by atoms with E-state index in [1.54, 1.807) is 7.11 Å². The first kappa shape index (κ1) is 21.9. The molecule has 1 aliphatic rings. The molecule has 4 rings (SSSR count). The first-order valence-electron chi connectivity index (χ1n) is 11.2. The van der Waals surface area contributed by atoms with Gasteiger partial charge in [-0.3, -0.25) is 9.69 Å². The molecule has 1 N–H and O–H groups in total. The number of nitrogens with one attached hydrogen (secondary N) is 1. The van der Waals surface area contributed by atoms with Crippen molar-refractivity contribution in [2.45, 2.75) is 18.9 Å². The Hall–Kier alpha value is -3.31. The summed E-state index contributed by atoms with van der Waals surface area (Å²) in [7, 11) is 1.67. The van der Waals surface area contributed by atoms with Crippen LogP contribution in [0, 0.1) is 0 Å². The lowest BCUT2D eigenvalue weighted by Crippen LogP contribution is -2.38. The van der Waals surface area contributed by atoms with Crippen LogP contribution in [0.3, 0.4) is 0 Å². The van der Waals surface area contributed by atoms with Gasteiger partial charge in [0.2, 0.25) is 0 Å². The van der Waals surface area contributed by atoms with Crippen LogP contribution >= 0.6 is 0 Å². The van der Waals surface area contributed by atoms with Crippen molar-refractivity contribution >= 4 is 5.91 Å². The third-order valence-electron chi connectivity index (χ3n) is 5.91. The van der Waals surface area contributed by atoms with Crippen LogP contribution < -0.4 is 14.8 Å². The quantitative estimate of drug-likeness (QED) is 0.535. The summed E-state index contributed by atoms with van der Waals surface area (Å²) in [5.74, 6) is 1.43. The van der Waals surface area contributed by atoms with Crippen LogP contribution in [0.5, 0.6) is 11.5 Å². The predicted octanol–water partition coefficient (Wildman–Crippen LogP) is 4.69. The molecule has 5 heteroatoms. The van der Waals surface area contributed by atoms with Gasteiger partial charge in [0.15, 0.2) is 6.61 Å². The Balaban J connectivity index is 1.38. The smallest absolute Gasteiger partial charge is 0.258 e. The van der Waals surface area contributed by atoms with Gasteiger partial charge in [-0.2, -0.15) is 0 Å². The molecule has 0 radical (unpaired) electrons. The fourth-order valence-electron chi connectivity index (χ4n) is 4.19. The summed E-state index contributed by atoms with van der Waals surface area (Å²) >= 11 is 0. The summed E-state index contributed by atoms with van der Waals surface area (Å²) in [4.78, 5) is 15.1. The zero-order valence-corrected chi connectivity index (χ0v) is 18.5. The van der Waals surface area contributed by atoms with Crippen LogP contribution in [0.25, 0.3) is 11.1 Å². The lowest BCUT2D eigenvalue weighted by Gasteiger charge is -2.28.